The third kappa shape index (κ3) is 3.85. The fraction of sp³-hybridized carbons (Fsp3) is 0.333. The van der Waals surface area contributed by atoms with E-state index in [1.165, 1.54) is 6.07 Å². The smallest absolute Gasteiger partial charge is 0.251 e. The lowest BCUT2D eigenvalue weighted by Crippen LogP contribution is -2.40. The number of anilines is 1. The zero-order valence-electron chi connectivity index (χ0n) is 15.4. The molecule has 0 fully saturated rings. The first-order valence-corrected chi connectivity index (χ1v) is 9.08. The Bertz CT molecular complexity index is 882. The van der Waals surface area contributed by atoms with Gasteiger partial charge in [-0.25, -0.2) is 4.39 Å². The zero-order valence-corrected chi connectivity index (χ0v) is 15.4. The number of amides is 2. The van der Waals surface area contributed by atoms with E-state index in [0.29, 0.717) is 34.4 Å². The number of rotatable bonds is 6. The average Bonchev–Trinajstić information content (AvgIpc) is 3.03. The van der Waals surface area contributed by atoms with Crippen molar-refractivity contribution in [3.05, 3.63) is 64.5 Å². The van der Waals surface area contributed by atoms with Gasteiger partial charge in [0.25, 0.3) is 5.91 Å². The molecular formula is C21H23FN2O3. The molecule has 0 unspecified atom stereocenters. The molecule has 5 nitrogen and oxygen atoms in total. The maximum Gasteiger partial charge on any atom is 0.251 e. The Balaban J connectivity index is 1.85. The van der Waals surface area contributed by atoms with Crippen molar-refractivity contribution < 1.29 is 19.1 Å². The van der Waals surface area contributed by atoms with Gasteiger partial charge in [-0.2, -0.15) is 0 Å². The van der Waals surface area contributed by atoms with Crippen molar-refractivity contribution in [1.82, 2.24) is 5.32 Å². The summed E-state index contributed by atoms with van der Waals surface area (Å²) in [5.74, 6) is -0.890. The number of halogens is 1. The largest absolute Gasteiger partial charge is 0.386 e. The van der Waals surface area contributed by atoms with Crippen molar-refractivity contribution >= 4 is 17.5 Å². The number of carbonyl (C=O) groups excluding carboxylic acids is 2. The highest BCUT2D eigenvalue weighted by Gasteiger charge is 2.28. The number of aliphatic hydroxyl groups is 1. The average molecular weight is 370 g/mol. The SMILES string of the molecule is CCC[C@@H](NC(=O)c1cccc2c1CC(=O)N2)[C@@H](O)c1cccc(F)c1C. The minimum atomic E-state index is -1.03. The molecule has 0 saturated heterocycles. The molecule has 0 radical (unpaired) electrons. The van der Waals surface area contributed by atoms with Crippen LogP contribution in [0.1, 0.15) is 52.9 Å². The third-order valence-corrected chi connectivity index (χ3v) is 4.96. The van der Waals surface area contributed by atoms with Gasteiger partial charge in [0.1, 0.15) is 5.82 Å². The summed E-state index contributed by atoms with van der Waals surface area (Å²) in [5.41, 5.74) is 2.54. The molecule has 0 aromatic heterocycles. The van der Waals surface area contributed by atoms with Crippen molar-refractivity contribution in [1.29, 1.82) is 0 Å². The summed E-state index contributed by atoms with van der Waals surface area (Å²) in [5, 5.41) is 16.4. The molecule has 0 bridgehead atoms. The first-order valence-electron chi connectivity index (χ1n) is 9.08. The predicted molar refractivity (Wildman–Crippen MR) is 101 cm³/mol. The molecule has 2 aromatic carbocycles. The van der Waals surface area contributed by atoms with Crippen molar-refractivity contribution in [3.63, 3.8) is 0 Å². The number of aliphatic hydroxyl groups excluding tert-OH is 1. The molecule has 1 heterocycles. The van der Waals surface area contributed by atoms with Crippen LogP contribution in [-0.4, -0.2) is 23.0 Å². The Kier molecular flexibility index (Phi) is 5.56. The highest BCUT2D eigenvalue weighted by molar-refractivity contribution is 6.05. The van der Waals surface area contributed by atoms with Gasteiger partial charge >= 0.3 is 0 Å². The van der Waals surface area contributed by atoms with Gasteiger partial charge in [-0.1, -0.05) is 31.5 Å². The van der Waals surface area contributed by atoms with Crippen LogP contribution in [0.2, 0.25) is 0 Å². The molecule has 0 saturated carbocycles. The lowest BCUT2D eigenvalue weighted by molar-refractivity contribution is -0.115. The van der Waals surface area contributed by atoms with E-state index in [9.17, 15) is 19.1 Å². The highest BCUT2D eigenvalue weighted by atomic mass is 19.1. The van der Waals surface area contributed by atoms with E-state index in [4.69, 9.17) is 0 Å². The van der Waals surface area contributed by atoms with Crippen LogP contribution in [0.25, 0.3) is 0 Å². The van der Waals surface area contributed by atoms with E-state index in [1.807, 2.05) is 6.92 Å². The van der Waals surface area contributed by atoms with Crippen molar-refractivity contribution in [3.8, 4) is 0 Å². The van der Waals surface area contributed by atoms with Crippen LogP contribution in [0.5, 0.6) is 0 Å². The van der Waals surface area contributed by atoms with Gasteiger partial charge in [0.15, 0.2) is 0 Å². The molecule has 3 rings (SSSR count). The van der Waals surface area contributed by atoms with Gasteiger partial charge in [0.05, 0.1) is 18.6 Å². The Hall–Kier alpha value is -2.73. The van der Waals surface area contributed by atoms with Gasteiger partial charge in [-0.3, -0.25) is 9.59 Å². The Labute approximate surface area is 157 Å². The summed E-state index contributed by atoms with van der Waals surface area (Å²) in [6.07, 6.45) is 0.405. The summed E-state index contributed by atoms with van der Waals surface area (Å²) in [6.45, 7) is 3.56. The van der Waals surface area contributed by atoms with E-state index in [2.05, 4.69) is 10.6 Å². The third-order valence-electron chi connectivity index (χ3n) is 4.96. The molecule has 2 amide bonds. The van der Waals surface area contributed by atoms with Crippen LogP contribution in [0.4, 0.5) is 10.1 Å². The van der Waals surface area contributed by atoms with Crippen LogP contribution in [0, 0.1) is 12.7 Å². The molecule has 1 aliphatic rings. The fourth-order valence-corrected chi connectivity index (χ4v) is 3.49. The van der Waals surface area contributed by atoms with E-state index in [0.717, 1.165) is 6.42 Å². The molecule has 2 aromatic rings. The quantitative estimate of drug-likeness (QED) is 0.730. The normalized spacial score (nSPS) is 15.0. The van der Waals surface area contributed by atoms with Crippen LogP contribution in [-0.2, 0) is 11.2 Å². The number of fused-ring (bicyclic) bond motifs is 1. The van der Waals surface area contributed by atoms with Gasteiger partial charge in [0, 0.05) is 11.3 Å². The molecule has 0 spiro atoms. The predicted octanol–water partition coefficient (Wildman–Crippen LogP) is 3.26. The van der Waals surface area contributed by atoms with E-state index in [-0.39, 0.29) is 18.2 Å². The van der Waals surface area contributed by atoms with E-state index >= 15 is 0 Å². The second-order valence-corrected chi connectivity index (χ2v) is 6.82. The molecular weight excluding hydrogens is 347 g/mol. The van der Waals surface area contributed by atoms with Crippen molar-refractivity contribution in [2.45, 2.75) is 45.3 Å². The first kappa shape index (κ1) is 19.0. The van der Waals surface area contributed by atoms with Crippen molar-refractivity contribution in [2.75, 3.05) is 5.32 Å². The zero-order chi connectivity index (χ0) is 19.6. The lowest BCUT2D eigenvalue weighted by Gasteiger charge is -2.26. The monoisotopic (exact) mass is 370 g/mol. The standard InChI is InChI=1S/C21H23FN2O3/c1-3-6-18(20(26)13-7-4-9-16(22)12(13)2)24-21(27)14-8-5-10-17-15(14)11-19(25)23-17/h4-5,7-10,18,20,26H,3,6,11H2,1-2H3,(H,23,25)(H,24,27)/t18-,20+/m1/s1. The molecule has 0 aliphatic carbocycles. The number of nitrogens with one attached hydrogen (secondary N) is 2. The van der Waals surface area contributed by atoms with Gasteiger partial charge in [0.2, 0.25) is 5.91 Å². The summed E-state index contributed by atoms with van der Waals surface area (Å²) >= 11 is 0. The minimum Gasteiger partial charge on any atom is -0.386 e. The van der Waals surface area contributed by atoms with Gasteiger partial charge < -0.3 is 15.7 Å². The number of carbonyl (C=O) groups is 2. The fourth-order valence-electron chi connectivity index (χ4n) is 3.49. The Morgan fingerprint density at radius 1 is 1.30 bits per heavy atom. The maximum atomic E-state index is 13.9. The first-order chi connectivity index (χ1) is 12.9. The summed E-state index contributed by atoms with van der Waals surface area (Å²) in [7, 11) is 0. The van der Waals surface area contributed by atoms with Crippen LogP contribution in [0.15, 0.2) is 36.4 Å². The lowest BCUT2D eigenvalue weighted by atomic mass is 9.94. The van der Waals surface area contributed by atoms with E-state index in [1.54, 1.807) is 37.3 Å². The molecule has 2 atom stereocenters. The number of benzene rings is 2. The topological polar surface area (TPSA) is 78.4 Å². The van der Waals surface area contributed by atoms with Crippen LogP contribution < -0.4 is 10.6 Å². The summed E-state index contributed by atoms with van der Waals surface area (Å²) < 4.78 is 13.9. The summed E-state index contributed by atoms with van der Waals surface area (Å²) in [4.78, 5) is 24.5. The highest BCUT2D eigenvalue weighted by Crippen LogP contribution is 2.28. The van der Waals surface area contributed by atoms with E-state index < -0.39 is 18.0 Å². The van der Waals surface area contributed by atoms with Crippen LogP contribution in [0.3, 0.4) is 0 Å². The maximum absolute atomic E-state index is 13.9. The second-order valence-electron chi connectivity index (χ2n) is 6.82. The van der Waals surface area contributed by atoms with Crippen LogP contribution >= 0.6 is 0 Å². The Morgan fingerprint density at radius 2 is 2.04 bits per heavy atom. The molecule has 3 N–H and O–H groups in total. The van der Waals surface area contributed by atoms with Crippen molar-refractivity contribution in [2.24, 2.45) is 0 Å². The molecule has 27 heavy (non-hydrogen) atoms. The second kappa shape index (κ2) is 7.88. The van der Waals surface area contributed by atoms with Gasteiger partial charge in [-0.15, -0.1) is 0 Å². The minimum absolute atomic E-state index is 0.147. The molecule has 6 heteroatoms. The summed E-state index contributed by atoms with van der Waals surface area (Å²) in [6, 6.07) is 9.12. The molecule has 142 valence electrons. The Morgan fingerprint density at radius 3 is 2.78 bits per heavy atom. The van der Waals surface area contributed by atoms with Gasteiger partial charge in [-0.05, 0) is 48.2 Å². The number of hydrogen-bond acceptors (Lipinski definition) is 3. The number of hydrogen-bond donors (Lipinski definition) is 3. The molecule has 1 aliphatic heterocycles.